The topological polar surface area (TPSA) is 0 Å². The van der Waals surface area contributed by atoms with E-state index in [1.165, 1.54) is 18.2 Å². The van der Waals surface area contributed by atoms with E-state index in [1.54, 1.807) is 6.07 Å². The first-order chi connectivity index (χ1) is 8.49. The van der Waals surface area contributed by atoms with Crippen molar-refractivity contribution < 1.29 is 13.2 Å². The SMILES string of the molecule is Fc1ccc(C(Br)c2ccc(Cl)c(F)c2)cc1F. The zero-order valence-corrected chi connectivity index (χ0v) is 11.3. The number of benzene rings is 2. The average Bonchev–Trinajstić information content (AvgIpc) is 2.35. The standard InChI is InChI=1S/C13H7BrClF3/c14-13(7-1-3-9(15)11(17)5-7)8-2-4-10(16)12(18)6-8/h1-6,13H. The molecular weight excluding hydrogens is 328 g/mol. The second-order valence-electron chi connectivity index (χ2n) is 3.71. The van der Waals surface area contributed by atoms with E-state index in [1.807, 2.05) is 0 Å². The van der Waals surface area contributed by atoms with Crippen molar-refractivity contribution in [2.45, 2.75) is 4.83 Å². The molecule has 18 heavy (non-hydrogen) atoms. The summed E-state index contributed by atoms with van der Waals surface area (Å²) in [6.45, 7) is 0. The Balaban J connectivity index is 2.37. The van der Waals surface area contributed by atoms with Crippen molar-refractivity contribution in [1.82, 2.24) is 0 Å². The highest BCUT2D eigenvalue weighted by atomic mass is 79.9. The van der Waals surface area contributed by atoms with Crippen LogP contribution in [-0.4, -0.2) is 0 Å². The maximum atomic E-state index is 13.3. The number of hydrogen-bond donors (Lipinski definition) is 0. The lowest BCUT2D eigenvalue weighted by Gasteiger charge is -2.11. The third-order valence-electron chi connectivity index (χ3n) is 2.47. The molecular formula is C13H7BrClF3. The van der Waals surface area contributed by atoms with Gasteiger partial charge in [-0.15, -0.1) is 0 Å². The molecule has 0 aliphatic carbocycles. The molecule has 2 aromatic rings. The van der Waals surface area contributed by atoms with Crippen molar-refractivity contribution in [3.63, 3.8) is 0 Å². The molecule has 0 amide bonds. The number of hydrogen-bond acceptors (Lipinski definition) is 0. The lowest BCUT2D eigenvalue weighted by Crippen LogP contribution is -1.96. The first-order valence-electron chi connectivity index (χ1n) is 5.03. The Bertz CT molecular complexity index is 535. The summed E-state index contributed by atoms with van der Waals surface area (Å²) in [5.74, 6) is -2.41. The van der Waals surface area contributed by atoms with Gasteiger partial charge >= 0.3 is 0 Å². The predicted molar refractivity (Wildman–Crippen MR) is 68.5 cm³/mol. The molecule has 0 aliphatic rings. The van der Waals surface area contributed by atoms with Crippen molar-refractivity contribution in [1.29, 1.82) is 0 Å². The lowest BCUT2D eigenvalue weighted by molar-refractivity contribution is 0.507. The minimum Gasteiger partial charge on any atom is -0.205 e. The minimum absolute atomic E-state index is 0.0173. The van der Waals surface area contributed by atoms with Crippen LogP contribution in [0.4, 0.5) is 13.2 Å². The van der Waals surface area contributed by atoms with E-state index in [4.69, 9.17) is 11.6 Å². The maximum Gasteiger partial charge on any atom is 0.159 e. The molecule has 2 rings (SSSR count). The molecule has 0 saturated carbocycles. The predicted octanol–water partition coefficient (Wildman–Crippen LogP) is 5.24. The van der Waals surface area contributed by atoms with Gasteiger partial charge in [-0.05, 0) is 35.4 Å². The Morgan fingerprint density at radius 1 is 0.833 bits per heavy atom. The van der Waals surface area contributed by atoms with Crippen molar-refractivity contribution in [2.24, 2.45) is 0 Å². The molecule has 0 radical (unpaired) electrons. The third-order valence-corrected chi connectivity index (χ3v) is 3.84. The van der Waals surface area contributed by atoms with E-state index >= 15 is 0 Å². The normalized spacial score (nSPS) is 12.5. The van der Waals surface area contributed by atoms with E-state index in [-0.39, 0.29) is 5.02 Å². The zero-order valence-electron chi connectivity index (χ0n) is 8.93. The van der Waals surface area contributed by atoms with Crippen LogP contribution in [0, 0.1) is 17.5 Å². The Morgan fingerprint density at radius 3 is 1.94 bits per heavy atom. The zero-order chi connectivity index (χ0) is 13.3. The molecule has 0 spiro atoms. The first-order valence-corrected chi connectivity index (χ1v) is 6.32. The second-order valence-corrected chi connectivity index (χ2v) is 5.03. The smallest absolute Gasteiger partial charge is 0.159 e. The van der Waals surface area contributed by atoms with E-state index in [0.29, 0.717) is 11.1 Å². The Kier molecular flexibility index (Phi) is 3.97. The van der Waals surface area contributed by atoms with Crippen molar-refractivity contribution in [3.8, 4) is 0 Å². The van der Waals surface area contributed by atoms with Crippen LogP contribution in [0.1, 0.15) is 16.0 Å². The van der Waals surface area contributed by atoms with Gasteiger partial charge in [-0.3, -0.25) is 0 Å². The van der Waals surface area contributed by atoms with Crippen LogP contribution in [0.15, 0.2) is 36.4 Å². The van der Waals surface area contributed by atoms with Gasteiger partial charge in [0, 0.05) is 0 Å². The summed E-state index contributed by atoms with van der Waals surface area (Å²) in [5, 5.41) is 0.0173. The lowest BCUT2D eigenvalue weighted by atomic mass is 10.0. The molecule has 2 aromatic carbocycles. The van der Waals surface area contributed by atoms with E-state index in [9.17, 15) is 13.2 Å². The Labute approximate surface area is 116 Å². The summed E-state index contributed by atoms with van der Waals surface area (Å²) >= 11 is 8.89. The second kappa shape index (κ2) is 5.33. The molecule has 0 N–H and O–H groups in total. The van der Waals surface area contributed by atoms with Gasteiger partial charge in [0.1, 0.15) is 5.82 Å². The molecule has 0 nitrogen and oxygen atoms in total. The third kappa shape index (κ3) is 2.70. The number of halogens is 5. The van der Waals surface area contributed by atoms with Crippen LogP contribution in [0.5, 0.6) is 0 Å². The molecule has 0 fully saturated rings. The number of rotatable bonds is 2. The maximum absolute atomic E-state index is 13.3. The molecule has 0 aliphatic heterocycles. The molecule has 94 valence electrons. The van der Waals surface area contributed by atoms with Gasteiger partial charge in [-0.2, -0.15) is 0 Å². The van der Waals surface area contributed by atoms with Crippen LogP contribution in [0.25, 0.3) is 0 Å². The van der Waals surface area contributed by atoms with Gasteiger partial charge in [-0.1, -0.05) is 39.7 Å². The van der Waals surface area contributed by atoms with Gasteiger partial charge < -0.3 is 0 Å². The Morgan fingerprint density at radius 2 is 1.39 bits per heavy atom. The highest BCUT2D eigenvalue weighted by Gasteiger charge is 2.14. The molecule has 0 heterocycles. The fraction of sp³-hybridized carbons (Fsp3) is 0.0769. The number of alkyl halides is 1. The Hall–Kier alpha value is -1.00. The summed E-state index contributed by atoms with van der Waals surface area (Å²) in [5.41, 5.74) is 1.07. The van der Waals surface area contributed by atoms with E-state index in [2.05, 4.69) is 15.9 Å². The van der Waals surface area contributed by atoms with Gasteiger partial charge in [0.25, 0.3) is 0 Å². The minimum atomic E-state index is -0.939. The quantitative estimate of drug-likeness (QED) is 0.658. The molecule has 1 atom stereocenters. The van der Waals surface area contributed by atoms with Crippen molar-refractivity contribution >= 4 is 27.5 Å². The molecule has 1 unspecified atom stereocenters. The van der Waals surface area contributed by atoms with Gasteiger partial charge in [0.2, 0.25) is 0 Å². The van der Waals surface area contributed by atoms with Crippen LogP contribution in [0.3, 0.4) is 0 Å². The molecule has 0 aromatic heterocycles. The van der Waals surface area contributed by atoms with E-state index < -0.39 is 22.3 Å². The summed E-state index contributed by atoms with van der Waals surface area (Å²) in [4.78, 5) is -0.431. The molecule has 0 bridgehead atoms. The summed E-state index contributed by atoms with van der Waals surface area (Å²) < 4.78 is 39.2. The summed E-state index contributed by atoms with van der Waals surface area (Å²) in [6.07, 6.45) is 0. The van der Waals surface area contributed by atoms with Gasteiger partial charge in [0.15, 0.2) is 11.6 Å². The molecule has 5 heteroatoms. The highest BCUT2D eigenvalue weighted by molar-refractivity contribution is 9.09. The summed E-state index contributed by atoms with van der Waals surface area (Å²) in [7, 11) is 0. The van der Waals surface area contributed by atoms with Crippen LogP contribution in [-0.2, 0) is 0 Å². The van der Waals surface area contributed by atoms with Crippen LogP contribution in [0.2, 0.25) is 5.02 Å². The van der Waals surface area contributed by atoms with Crippen LogP contribution < -0.4 is 0 Å². The largest absolute Gasteiger partial charge is 0.205 e. The van der Waals surface area contributed by atoms with Gasteiger partial charge in [0.05, 0.1) is 9.85 Å². The van der Waals surface area contributed by atoms with Crippen molar-refractivity contribution in [3.05, 3.63) is 70.0 Å². The fourth-order valence-corrected chi connectivity index (χ4v) is 2.22. The first kappa shape index (κ1) is 13.4. The van der Waals surface area contributed by atoms with Gasteiger partial charge in [-0.25, -0.2) is 13.2 Å². The highest BCUT2D eigenvalue weighted by Crippen LogP contribution is 2.32. The monoisotopic (exact) mass is 334 g/mol. The molecule has 0 saturated heterocycles. The van der Waals surface area contributed by atoms with Crippen molar-refractivity contribution in [2.75, 3.05) is 0 Å². The summed E-state index contributed by atoms with van der Waals surface area (Å²) in [6, 6.07) is 7.83. The fourth-order valence-electron chi connectivity index (χ4n) is 1.53. The van der Waals surface area contributed by atoms with Crippen LogP contribution >= 0.6 is 27.5 Å². The van der Waals surface area contributed by atoms with E-state index in [0.717, 1.165) is 12.1 Å². The average molecular weight is 336 g/mol.